The van der Waals surface area contributed by atoms with Crippen molar-refractivity contribution in [2.24, 2.45) is 0 Å². The first-order valence-corrected chi connectivity index (χ1v) is 5.05. The Hall–Kier alpha value is -2.04. The monoisotopic (exact) mass is 238 g/mol. The van der Waals surface area contributed by atoms with Crippen molar-refractivity contribution < 1.29 is 24.5 Å². The second-order valence-corrected chi connectivity index (χ2v) is 3.68. The fourth-order valence-corrected chi connectivity index (χ4v) is 1.77. The van der Waals surface area contributed by atoms with Crippen molar-refractivity contribution in [3.05, 3.63) is 29.3 Å². The minimum Gasteiger partial charge on any atom is -0.496 e. The normalized spacial score (nSPS) is 11.9. The van der Waals surface area contributed by atoms with Gasteiger partial charge in [-0.1, -0.05) is 12.1 Å². The Balaban J connectivity index is 3.26. The molecule has 0 spiro atoms. The Labute approximate surface area is 98.6 Å². The molecule has 92 valence electrons. The second kappa shape index (κ2) is 5.34. The molecule has 1 aromatic rings. The van der Waals surface area contributed by atoms with E-state index < -0.39 is 24.3 Å². The molecular formula is C12H14O5. The van der Waals surface area contributed by atoms with Crippen LogP contribution in [0, 0.1) is 6.92 Å². The van der Waals surface area contributed by atoms with Crippen LogP contribution in [0.1, 0.15) is 23.5 Å². The average molecular weight is 238 g/mol. The molecule has 0 aromatic heterocycles. The van der Waals surface area contributed by atoms with Gasteiger partial charge in [-0.05, 0) is 18.6 Å². The van der Waals surface area contributed by atoms with Crippen LogP contribution >= 0.6 is 0 Å². The molecule has 2 N–H and O–H groups in total. The van der Waals surface area contributed by atoms with Crippen LogP contribution in [0.5, 0.6) is 5.75 Å². The molecule has 0 aliphatic heterocycles. The lowest BCUT2D eigenvalue weighted by Gasteiger charge is -2.16. The summed E-state index contributed by atoms with van der Waals surface area (Å²) in [4.78, 5) is 21.8. The predicted octanol–water partition coefficient (Wildman–Crippen LogP) is 1.65. The lowest BCUT2D eigenvalue weighted by Crippen LogP contribution is -2.17. The van der Waals surface area contributed by atoms with E-state index in [-0.39, 0.29) is 0 Å². The van der Waals surface area contributed by atoms with Crippen molar-refractivity contribution in [1.29, 1.82) is 0 Å². The third kappa shape index (κ3) is 2.96. The molecule has 0 heterocycles. The smallest absolute Gasteiger partial charge is 0.311 e. The van der Waals surface area contributed by atoms with Gasteiger partial charge in [-0.25, -0.2) is 0 Å². The average Bonchev–Trinajstić information content (AvgIpc) is 2.25. The molecule has 0 fully saturated rings. The van der Waals surface area contributed by atoms with Crippen LogP contribution in [-0.2, 0) is 9.59 Å². The highest BCUT2D eigenvalue weighted by Crippen LogP contribution is 2.32. The standard InChI is InChI=1S/C12H14O5/c1-7-4-3-5-9(17-2)11(7)8(12(15)16)6-10(13)14/h3-5,8H,6H2,1-2H3,(H,13,14)(H,15,16). The van der Waals surface area contributed by atoms with Gasteiger partial charge in [0.05, 0.1) is 19.4 Å². The highest BCUT2D eigenvalue weighted by atomic mass is 16.5. The van der Waals surface area contributed by atoms with Crippen molar-refractivity contribution in [3.63, 3.8) is 0 Å². The molecule has 0 amide bonds. The minimum atomic E-state index is -1.17. The summed E-state index contributed by atoms with van der Waals surface area (Å²) in [6.07, 6.45) is -0.462. The number of benzene rings is 1. The maximum Gasteiger partial charge on any atom is 0.311 e. The predicted molar refractivity (Wildman–Crippen MR) is 60.4 cm³/mol. The quantitative estimate of drug-likeness (QED) is 0.814. The van der Waals surface area contributed by atoms with Gasteiger partial charge in [0.1, 0.15) is 5.75 Å². The summed E-state index contributed by atoms with van der Waals surface area (Å²) in [6, 6.07) is 5.09. The number of hydrogen-bond donors (Lipinski definition) is 2. The first-order chi connectivity index (χ1) is 7.97. The van der Waals surface area contributed by atoms with Crippen LogP contribution in [0.3, 0.4) is 0 Å². The van der Waals surface area contributed by atoms with Gasteiger partial charge in [0, 0.05) is 5.56 Å². The van der Waals surface area contributed by atoms with Crippen molar-refractivity contribution in [2.75, 3.05) is 7.11 Å². The van der Waals surface area contributed by atoms with Gasteiger partial charge in [0.25, 0.3) is 0 Å². The van der Waals surface area contributed by atoms with E-state index in [2.05, 4.69) is 0 Å². The third-order valence-electron chi connectivity index (χ3n) is 2.53. The zero-order valence-electron chi connectivity index (χ0n) is 9.64. The van der Waals surface area contributed by atoms with Crippen molar-refractivity contribution in [1.82, 2.24) is 0 Å². The Bertz CT molecular complexity index is 439. The zero-order valence-corrected chi connectivity index (χ0v) is 9.64. The van der Waals surface area contributed by atoms with Gasteiger partial charge >= 0.3 is 11.9 Å². The van der Waals surface area contributed by atoms with E-state index in [4.69, 9.17) is 14.9 Å². The van der Waals surface area contributed by atoms with Crippen molar-refractivity contribution in [2.45, 2.75) is 19.3 Å². The van der Waals surface area contributed by atoms with E-state index in [0.29, 0.717) is 16.9 Å². The van der Waals surface area contributed by atoms with Gasteiger partial charge in [-0.2, -0.15) is 0 Å². The number of carboxylic acid groups (broad SMARTS) is 2. The van der Waals surface area contributed by atoms with Gasteiger partial charge in [-0.15, -0.1) is 0 Å². The van der Waals surface area contributed by atoms with Gasteiger partial charge in [0.2, 0.25) is 0 Å². The maximum atomic E-state index is 11.1. The molecular weight excluding hydrogens is 224 g/mol. The van der Waals surface area contributed by atoms with Crippen LogP contribution in [0.25, 0.3) is 0 Å². The van der Waals surface area contributed by atoms with Crippen LogP contribution in [0.15, 0.2) is 18.2 Å². The van der Waals surface area contributed by atoms with Crippen LogP contribution in [0.2, 0.25) is 0 Å². The van der Waals surface area contributed by atoms with Gasteiger partial charge in [0.15, 0.2) is 0 Å². The highest BCUT2D eigenvalue weighted by molar-refractivity contribution is 5.83. The Kier molecular flexibility index (Phi) is 4.09. The number of aliphatic carboxylic acids is 2. The number of carboxylic acids is 2. The zero-order chi connectivity index (χ0) is 13.0. The largest absolute Gasteiger partial charge is 0.496 e. The molecule has 0 saturated carbocycles. The first kappa shape index (κ1) is 13.0. The number of rotatable bonds is 5. The highest BCUT2D eigenvalue weighted by Gasteiger charge is 2.27. The summed E-state index contributed by atoms with van der Waals surface area (Å²) in [5.41, 5.74) is 1.13. The SMILES string of the molecule is COc1cccc(C)c1C(CC(=O)O)C(=O)O. The fraction of sp³-hybridized carbons (Fsp3) is 0.333. The van der Waals surface area contributed by atoms with E-state index in [0.717, 1.165) is 0 Å². The number of carbonyl (C=O) groups is 2. The summed E-state index contributed by atoms with van der Waals surface area (Å²) < 4.78 is 5.08. The van der Waals surface area contributed by atoms with E-state index >= 15 is 0 Å². The van der Waals surface area contributed by atoms with Crippen molar-refractivity contribution in [3.8, 4) is 5.75 Å². The lowest BCUT2D eigenvalue weighted by molar-refractivity contribution is -0.145. The molecule has 0 radical (unpaired) electrons. The van der Waals surface area contributed by atoms with Gasteiger partial charge in [-0.3, -0.25) is 9.59 Å². The van der Waals surface area contributed by atoms with E-state index in [1.54, 1.807) is 25.1 Å². The van der Waals surface area contributed by atoms with Crippen molar-refractivity contribution >= 4 is 11.9 Å². The van der Waals surface area contributed by atoms with E-state index in [1.165, 1.54) is 7.11 Å². The summed E-state index contributed by atoms with van der Waals surface area (Å²) >= 11 is 0. The Morgan fingerprint density at radius 2 is 2.00 bits per heavy atom. The Morgan fingerprint density at radius 1 is 1.35 bits per heavy atom. The molecule has 0 saturated heterocycles. The second-order valence-electron chi connectivity index (χ2n) is 3.68. The molecule has 1 unspecified atom stereocenters. The molecule has 1 atom stereocenters. The molecule has 17 heavy (non-hydrogen) atoms. The minimum absolute atomic E-state index is 0.402. The van der Waals surface area contributed by atoms with Gasteiger partial charge < -0.3 is 14.9 Å². The van der Waals surface area contributed by atoms with Crippen LogP contribution < -0.4 is 4.74 Å². The molecule has 0 aliphatic carbocycles. The first-order valence-electron chi connectivity index (χ1n) is 5.05. The maximum absolute atomic E-state index is 11.1. The van der Waals surface area contributed by atoms with Crippen LogP contribution in [0.4, 0.5) is 0 Å². The molecule has 0 aliphatic rings. The molecule has 5 nitrogen and oxygen atoms in total. The summed E-state index contributed by atoms with van der Waals surface area (Å²) in [5, 5.41) is 17.8. The summed E-state index contributed by atoms with van der Waals surface area (Å²) in [5.74, 6) is -3.01. The number of ether oxygens (including phenoxy) is 1. The number of methoxy groups -OCH3 is 1. The number of aryl methyl sites for hydroxylation is 1. The van der Waals surface area contributed by atoms with E-state index in [1.807, 2.05) is 0 Å². The number of hydrogen-bond acceptors (Lipinski definition) is 3. The molecule has 1 aromatic carbocycles. The molecule has 1 rings (SSSR count). The van der Waals surface area contributed by atoms with E-state index in [9.17, 15) is 9.59 Å². The molecule has 0 bridgehead atoms. The lowest BCUT2D eigenvalue weighted by atomic mass is 9.91. The topological polar surface area (TPSA) is 83.8 Å². The summed E-state index contributed by atoms with van der Waals surface area (Å²) in [7, 11) is 1.43. The van der Waals surface area contributed by atoms with Crippen LogP contribution in [-0.4, -0.2) is 29.3 Å². The summed E-state index contributed by atoms with van der Waals surface area (Å²) in [6.45, 7) is 1.73. The Morgan fingerprint density at radius 3 is 2.47 bits per heavy atom. The fourth-order valence-electron chi connectivity index (χ4n) is 1.77. The third-order valence-corrected chi connectivity index (χ3v) is 2.53. The molecule has 5 heteroatoms.